The quantitative estimate of drug-likeness (QED) is 0.355. The van der Waals surface area contributed by atoms with Crippen LogP contribution in [0.1, 0.15) is 59.1 Å². The van der Waals surface area contributed by atoms with Crippen LogP contribution in [-0.4, -0.2) is 27.6 Å². The van der Waals surface area contributed by atoms with Gasteiger partial charge in [-0.05, 0) is 75.6 Å². The van der Waals surface area contributed by atoms with Gasteiger partial charge in [-0.2, -0.15) is 0 Å². The molecule has 130 valence electrons. The van der Waals surface area contributed by atoms with Crippen molar-refractivity contribution in [1.29, 1.82) is 0 Å². The van der Waals surface area contributed by atoms with Crippen LogP contribution in [-0.2, 0) is 5.41 Å². The number of hydrogen-bond donors (Lipinski definition) is 0. The topological polar surface area (TPSA) is 12.5 Å². The van der Waals surface area contributed by atoms with Gasteiger partial charge in [0.1, 0.15) is 5.75 Å². The molecule has 1 saturated heterocycles. The van der Waals surface area contributed by atoms with Crippen LogP contribution in [0.15, 0.2) is 18.2 Å². The molecule has 0 aromatic heterocycles. The molecule has 0 amide bonds. The van der Waals surface area contributed by atoms with Crippen LogP contribution < -0.4 is 4.74 Å². The third kappa shape index (κ3) is 3.71. The molecule has 1 aliphatic heterocycles. The maximum absolute atomic E-state index is 5.76. The summed E-state index contributed by atoms with van der Waals surface area (Å²) >= 11 is 2.65. The summed E-state index contributed by atoms with van der Waals surface area (Å²) in [6, 6.07) is 6.60. The molecule has 1 aliphatic rings. The molecule has 23 heavy (non-hydrogen) atoms. The van der Waals surface area contributed by atoms with Gasteiger partial charge in [0, 0.05) is 12.1 Å². The fourth-order valence-corrected chi connectivity index (χ4v) is 5.74. The predicted molar refractivity (Wildman–Crippen MR) is 108 cm³/mol. The van der Waals surface area contributed by atoms with Gasteiger partial charge in [0.2, 0.25) is 0 Å². The van der Waals surface area contributed by atoms with E-state index in [2.05, 4.69) is 87.2 Å². The molecule has 0 saturated carbocycles. The molecule has 0 N–H and O–H groups in total. The second-order valence-electron chi connectivity index (χ2n) is 8.10. The Hall–Kier alpha value is -0.290. The molecule has 0 aliphatic carbocycles. The van der Waals surface area contributed by atoms with Crippen molar-refractivity contribution in [3.05, 3.63) is 29.3 Å². The Balaban J connectivity index is 2.38. The highest BCUT2D eigenvalue weighted by atomic mass is 127. The van der Waals surface area contributed by atoms with E-state index in [0.29, 0.717) is 9.97 Å². The first-order valence-corrected chi connectivity index (χ1v) is 10.0. The highest BCUT2D eigenvalue weighted by Gasteiger charge is 2.46. The van der Waals surface area contributed by atoms with E-state index >= 15 is 0 Å². The largest absolute Gasteiger partial charge is 0.494 e. The zero-order chi connectivity index (χ0) is 17.4. The number of piperidine rings is 1. The molecule has 1 heterocycles. The lowest BCUT2D eigenvalue weighted by Gasteiger charge is -2.53. The van der Waals surface area contributed by atoms with Crippen LogP contribution in [0.5, 0.6) is 5.75 Å². The van der Waals surface area contributed by atoms with Crippen molar-refractivity contribution >= 4 is 22.6 Å². The minimum Gasteiger partial charge on any atom is -0.494 e. The molecule has 0 spiro atoms. The van der Waals surface area contributed by atoms with E-state index in [0.717, 1.165) is 18.9 Å². The summed E-state index contributed by atoms with van der Waals surface area (Å²) in [5.74, 6) is 1.59. The second kappa shape index (κ2) is 6.91. The van der Waals surface area contributed by atoms with Gasteiger partial charge >= 0.3 is 0 Å². The third-order valence-electron chi connectivity index (χ3n) is 5.58. The lowest BCUT2D eigenvalue weighted by molar-refractivity contribution is 0.0322. The van der Waals surface area contributed by atoms with Gasteiger partial charge in [-0.3, -0.25) is 4.90 Å². The first-order valence-electron chi connectivity index (χ1n) is 8.76. The third-order valence-corrected chi connectivity index (χ3v) is 7.34. The zero-order valence-corrected chi connectivity index (χ0v) is 17.9. The van der Waals surface area contributed by atoms with Crippen molar-refractivity contribution in [2.45, 2.75) is 69.9 Å². The van der Waals surface area contributed by atoms with Gasteiger partial charge in [0.15, 0.2) is 0 Å². The lowest BCUT2D eigenvalue weighted by Crippen LogP contribution is -2.57. The van der Waals surface area contributed by atoms with Crippen LogP contribution in [0.4, 0.5) is 0 Å². The Morgan fingerprint density at radius 3 is 2.57 bits per heavy atom. The van der Waals surface area contributed by atoms with Crippen molar-refractivity contribution in [3.8, 4) is 5.75 Å². The maximum Gasteiger partial charge on any atom is 0.119 e. The minimum absolute atomic E-state index is 0.199. The first kappa shape index (κ1) is 19.0. The van der Waals surface area contributed by atoms with Crippen molar-refractivity contribution in [3.63, 3.8) is 0 Å². The van der Waals surface area contributed by atoms with E-state index in [1.807, 2.05) is 6.92 Å². The summed E-state index contributed by atoms with van der Waals surface area (Å²) in [7, 11) is 0. The molecular weight excluding hydrogens is 397 g/mol. The molecule has 1 aromatic carbocycles. The number of ether oxygens (including phenoxy) is 1. The summed E-state index contributed by atoms with van der Waals surface area (Å²) in [6.45, 7) is 18.0. The normalized spacial score (nSPS) is 29.6. The van der Waals surface area contributed by atoms with Gasteiger partial charge < -0.3 is 4.74 Å². The molecule has 1 fully saturated rings. The van der Waals surface area contributed by atoms with E-state index in [1.165, 1.54) is 17.5 Å². The van der Waals surface area contributed by atoms with Crippen molar-refractivity contribution in [1.82, 2.24) is 4.90 Å². The average molecular weight is 429 g/mol. The maximum atomic E-state index is 5.76. The van der Waals surface area contributed by atoms with E-state index in [9.17, 15) is 0 Å². The molecule has 0 bridgehead atoms. The minimum atomic E-state index is 0.199. The first-order chi connectivity index (χ1) is 10.6. The van der Waals surface area contributed by atoms with Crippen LogP contribution in [0.25, 0.3) is 0 Å². The van der Waals surface area contributed by atoms with E-state index < -0.39 is 0 Å². The SMILES string of the molecule is CCOc1ccc(C)c([C@]2(C)CCN(C(C)(C)C)C(I)C2C)c1. The number of halogens is 1. The number of alkyl halides is 1. The highest BCUT2D eigenvalue weighted by Crippen LogP contribution is 2.47. The van der Waals surface area contributed by atoms with Gasteiger partial charge in [-0.25, -0.2) is 0 Å². The lowest BCUT2D eigenvalue weighted by atomic mass is 9.66. The summed E-state index contributed by atoms with van der Waals surface area (Å²) in [5, 5.41) is 0. The van der Waals surface area contributed by atoms with Crippen LogP contribution in [0.2, 0.25) is 0 Å². The van der Waals surface area contributed by atoms with Gasteiger partial charge in [-0.15, -0.1) is 0 Å². The molecule has 2 unspecified atom stereocenters. The molecular formula is C20H32INO. The van der Waals surface area contributed by atoms with E-state index in [1.54, 1.807) is 0 Å². The van der Waals surface area contributed by atoms with Crippen molar-refractivity contribution in [2.75, 3.05) is 13.2 Å². The molecule has 0 radical (unpaired) electrons. The monoisotopic (exact) mass is 429 g/mol. The van der Waals surface area contributed by atoms with Crippen LogP contribution in [0.3, 0.4) is 0 Å². The molecule has 2 rings (SSSR count). The summed E-state index contributed by atoms with van der Waals surface area (Å²) in [6.07, 6.45) is 1.20. The summed E-state index contributed by atoms with van der Waals surface area (Å²) in [5.41, 5.74) is 3.27. The van der Waals surface area contributed by atoms with Gasteiger partial charge in [0.05, 0.1) is 10.7 Å². The Bertz CT molecular complexity index is 551. The standard InChI is InChI=1S/C20H32INO/c1-8-23-16-10-9-14(2)17(13-16)20(7)11-12-22(19(4,5)6)18(21)15(20)3/h9-10,13,15,18H,8,11-12H2,1-7H3/t15?,18?,20-/m1/s1. The number of likely N-dealkylation sites (tertiary alicyclic amines) is 1. The van der Waals surface area contributed by atoms with Crippen molar-refractivity contribution in [2.24, 2.45) is 5.92 Å². The highest BCUT2D eigenvalue weighted by molar-refractivity contribution is 14.1. The Labute approximate surface area is 156 Å². The number of hydrogen-bond acceptors (Lipinski definition) is 2. The predicted octanol–water partition coefficient (Wildman–Crippen LogP) is 5.55. The number of rotatable bonds is 3. The Morgan fingerprint density at radius 2 is 2.00 bits per heavy atom. The van der Waals surface area contributed by atoms with Gasteiger partial charge in [-0.1, -0.05) is 42.5 Å². The smallest absolute Gasteiger partial charge is 0.119 e. The number of benzene rings is 1. The Morgan fingerprint density at radius 1 is 1.35 bits per heavy atom. The molecule has 3 heteroatoms. The molecule has 1 aromatic rings. The number of aryl methyl sites for hydroxylation is 1. The molecule has 3 atom stereocenters. The zero-order valence-electron chi connectivity index (χ0n) is 15.7. The van der Waals surface area contributed by atoms with Crippen LogP contribution in [0, 0.1) is 12.8 Å². The van der Waals surface area contributed by atoms with E-state index in [-0.39, 0.29) is 11.0 Å². The van der Waals surface area contributed by atoms with E-state index in [4.69, 9.17) is 4.74 Å². The van der Waals surface area contributed by atoms with Crippen molar-refractivity contribution < 1.29 is 4.74 Å². The fraction of sp³-hybridized carbons (Fsp3) is 0.700. The summed E-state index contributed by atoms with van der Waals surface area (Å²) < 4.78 is 6.31. The second-order valence-corrected chi connectivity index (χ2v) is 9.38. The summed E-state index contributed by atoms with van der Waals surface area (Å²) in [4.78, 5) is 2.65. The Kier molecular flexibility index (Phi) is 5.72. The average Bonchev–Trinajstić information content (AvgIpc) is 2.45. The molecule has 2 nitrogen and oxygen atoms in total. The number of nitrogens with zero attached hydrogens (tertiary/aromatic N) is 1. The fourth-order valence-electron chi connectivity index (χ4n) is 3.84. The van der Waals surface area contributed by atoms with Crippen LogP contribution >= 0.6 is 22.6 Å². The van der Waals surface area contributed by atoms with Gasteiger partial charge in [0.25, 0.3) is 0 Å².